The van der Waals surface area contributed by atoms with E-state index in [2.05, 4.69) is 10.3 Å². The zero-order valence-electron chi connectivity index (χ0n) is 19.6. The van der Waals surface area contributed by atoms with Crippen LogP contribution in [0.1, 0.15) is 29.2 Å². The summed E-state index contributed by atoms with van der Waals surface area (Å²) < 4.78 is 38.9. The Balaban J connectivity index is 1.83. The van der Waals surface area contributed by atoms with E-state index in [0.29, 0.717) is 12.1 Å². The van der Waals surface area contributed by atoms with Crippen LogP contribution in [0.5, 0.6) is 0 Å². The number of anilines is 2. The van der Waals surface area contributed by atoms with Crippen LogP contribution < -0.4 is 15.1 Å². The minimum atomic E-state index is -4.43. The van der Waals surface area contributed by atoms with Crippen molar-refractivity contribution in [2.75, 3.05) is 30.4 Å². The van der Waals surface area contributed by atoms with E-state index in [0.717, 1.165) is 39.5 Å². The first-order chi connectivity index (χ1) is 15.9. The number of carbonyl (C=O) groups excluding carboxylic acids is 2. The molecule has 0 saturated heterocycles. The second kappa shape index (κ2) is 8.12. The van der Waals surface area contributed by atoms with E-state index in [-0.39, 0.29) is 12.4 Å². The van der Waals surface area contributed by atoms with Gasteiger partial charge in [0, 0.05) is 27.2 Å². The van der Waals surface area contributed by atoms with Gasteiger partial charge >= 0.3 is 12.2 Å². The minimum absolute atomic E-state index is 0.0788. The lowest BCUT2D eigenvalue weighted by molar-refractivity contribution is -0.137. The van der Waals surface area contributed by atoms with Gasteiger partial charge in [0.15, 0.2) is 5.84 Å². The maximum absolute atomic E-state index is 13.7. The topological polar surface area (TPSA) is 68.2 Å². The molecule has 0 radical (unpaired) electrons. The van der Waals surface area contributed by atoms with Gasteiger partial charge in [0.25, 0.3) is 5.91 Å². The molecular formula is C24H26F3N5O2. The van der Waals surface area contributed by atoms with Gasteiger partial charge in [-0.3, -0.25) is 15.0 Å². The highest BCUT2D eigenvalue weighted by Crippen LogP contribution is 2.43. The number of likely N-dealkylation sites (N-methyl/N-ethyl adjacent to an activating group) is 3. The summed E-state index contributed by atoms with van der Waals surface area (Å²) in [6.45, 7) is 6.35. The molecule has 2 aromatic carbocycles. The quantitative estimate of drug-likeness (QED) is 0.725. The van der Waals surface area contributed by atoms with E-state index in [9.17, 15) is 22.8 Å². The lowest BCUT2D eigenvalue weighted by Gasteiger charge is -2.53. The number of aliphatic imine (C=N–C) groups is 1. The van der Waals surface area contributed by atoms with Crippen LogP contribution in [0.25, 0.3) is 0 Å². The fourth-order valence-electron chi connectivity index (χ4n) is 4.49. The number of fused-ring (bicyclic) bond motifs is 2. The summed E-state index contributed by atoms with van der Waals surface area (Å²) in [5.74, 6) is -0.280. The van der Waals surface area contributed by atoms with E-state index < -0.39 is 29.3 Å². The molecule has 0 bridgehead atoms. The molecule has 34 heavy (non-hydrogen) atoms. The van der Waals surface area contributed by atoms with Crippen molar-refractivity contribution in [3.63, 3.8) is 0 Å². The highest BCUT2D eigenvalue weighted by atomic mass is 19.4. The molecule has 1 atom stereocenters. The first kappa shape index (κ1) is 23.7. The molecule has 3 amide bonds. The van der Waals surface area contributed by atoms with Crippen molar-refractivity contribution in [2.24, 2.45) is 4.99 Å². The van der Waals surface area contributed by atoms with Gasteiger partial charge in [-0.25, -0.2) is 4.79 Å². The molecule has 0 saturated carbocycles. The van der Waals surface area contributed by atoms with Gasteiger partial charge in [-0.2, -0.15) is 18.2 Å². The smallest absolute Gasteiger partial charge is 0.338 e. The Morgan fingerprint density at radius 3 is 2.12 bits per heavy atom. The van der Waals surface area contributed by atoms with Crippen LogP contribution in [-0.4, -0.2) is 49.0 Å². The van der Waals surface area contributed by atoms with Crippen molar-refractivity contribution in [3.05, 3.63) is 58.7 Å². The third-order valence-corrected chi connectivity index (χ3v) is 6.54. The number of halogens is 3. The predicted molar refractivity (Wildman–Crippen MR) is 124 cm³/mol. The number of amidine groups is 1. The Bertz CT molecular complexity index is 1190. The molecule has 0 spiro atoms. The van der Waals surface area contributed by atoms with Crippen LogP contribution in [0.4, 0.5) is 29.3 Å². The van der Waals surface area contributed by atoms with Crippen LogP contribution >= 0.6 is 0 Å². The second-order valence-corrected chi connectivity index (χ2v) is 8.57. The van der Waals surface area contributed by atoms with Crippen molar-refractivity contribution < 1.29 is 22.8 Å². The van der Waals surface area contributed by atoms with Crippen LogP contribution in [0.2, 0.25) is 0 Å². The lowest BCUT2D eigenvalue weighted by atomic mass is 9.93. The summed E-state index contributed by atoms with van der Waals surface area (Å²) >= 11 is 0. The van der Waals surface area contributed by atoms with E-state index in [1.165, 1.54) is 19.2 Å². The third kappa shape index (κ3) is 3.53. The standard InChI is InChI=1S/C24H26F3N5O2/c1-6-32-19-12-15(3)14(2)11-18(19)30(4)20-23(32,21(33)31(5)22(34)29-20)28-13-16-7-9-17(10-8-16)24(25,26)27/h7-12,28H,6,13H2,1-5H3. The molecule has 0 fully saturated rings. The van der Waals surface area contributed by atoms with E-state index >= 15 is 0 Å². The number of imide groups is 1. The molecule has 10 heteroatoms. The summed E-state index contributed by atoms with van der Waals surface area (Å²) in [6.07, 6.45) is -4.43. The average Bonchev–Trinajstić information content (AvgIpc) is 2.79. The Morgan fingerprint density at radius 2 is 1.56 bits per heavy atom. The number of alkyl halides is 3. The molecule has 0 aromatic heterocycles. The lowest BCUT2D eigenvalue weighted by Crippen LogP contribution is -2.78. The van der Waals surface area contributed by atoms with Crippen LogP contribution in [0.15, 0.2) is 41.4 Å². The Labute approximate surface area is 195 Å². The number of hydrogen-bond donors (Lipinski definition) is 1. The molecule has 2 aliphatic heterocycles. The second-order valence-electron chi connectivity index (χ2n) is 8.57. The molecule has 180 valence electrons. The highest BCUT2D eigenvalue weighted by molar-refractivity contribution is 6.30. The van der Waals surface area contributed by atoms with Crippen molar-refractivity contribution in [2.45, 2.75) is 39.2 Å². The summed E-state index contributed by atoms with van der Waals surface area (Å²) in [7, 11) is 3.12. The molecule has 2 aliphatic rings. The van der Waals surface area contributed by atoms with Gasteiger partial charge in [0.1, 0.15) is 0 Å². The van der Waals surface area contributed by atoms with Crippen LogP contribution in [-0.2, 0) is 17.5 Å². The normalized spacial score (nSPS) is 20.4. The fourth-order valence-corrected chi connectivity index (χ4v) is 4.49. The Kier molecular flexibility index (Phi) is 5.67. The van der Waals surface area contributed by atoms with Gasteiger partial charge in [-0.1, -0.05) is 12.1 Å². The van der Waals surface area contributed by atoms with Crippen molar-refractivity contribution in [1.82, 2.24) is 10.2 Å². The van der Waals surface area contributed by atoms with Crippen molar-refractivity contribution in [1.29, 1.82) is 0 Å². The Morgan fingerprint density at radius 1 is 0.971 bits per heavy atom. The van der Waals surface area contributed by atoms with Crippen LogP contribution in [0, 0.1) is 13.8 Å². The molecule has 7 nitrogen and oxygen atoms in total. The summed E-state index contributed by atoms with van der Waals surface area (Å²) in [6, 6.07) is 8.06. The van der Waals surface area contributed by atoms with Crippen molar-refractivity contribution >= 4 is 29.1 Å². The first-order valence-electron chi connectivity index (χ1n) is 10.9. The molecule has 1 unspecified atom stereocenters. The summed E-state index contributed by atoms with van der Waals surface area (Å²) in [5.41, 5.74) is 1.99. The van der Waals surface area contributed by atoms with Gasteiger partial charge in [0.2, 0.25) is 5.66 Å². The summed E-state index contributed by atoms with van der Waals surface area (Å²) in [4.78, 5) is 35.1. The van der Waals surface area contributed by atoms with Crippen LogP contribution in [0.3, 0.4) is 0 Å². The Hall–Kier alpha value is -3.40. The number of urea groups is 1. The molecule has 1 N–H and O–H groups in total. The number of nitrogens with one attached hydrogen (secondary N) is 1. The zero-order chi connectivity index (χ0) is 25.0. The van der Waals surface area contributed by atoms with E-state index in [1.54, 1.807) is 11.9 Å². The van der Waals surface area contributed by atoms with Gasteiger partial charge in [0.05, 0.1) is 16.9 Å². The maximum Gasteiger partial charge on any atom is 0.416 e. The molecule has 4 rings (SSSR count). The number of hydrogen-bond acceptors (Lipinski definition) is 5. The van der Waals surface area contributed by atoms with Gasteiger partial charge in [-0.05, 0) is 61.7 Å². The molecule has 2 aromatic rings. The number of rotatable bonds is 4. The molecule has 0 aliphatic carbocycles. The van der Waals surface area contributed by atoms with Gasteiger partial charge in [-0.15, -0.1) is 0 Å². The van der Waals surface area contributed by atoms with Crippen molar-refractivity contribution in [3.8, 4) is 0 Å². The monoisotopic (exact) mass is 473 g/mol. The highest BCUT2D eigenvalue weighted by Gasteiger charge is 2.58. The number of carbonyl (C=O) groups is 2. The largest absolute Gasteiger partial charge is 0.416 e. The minimum Gasteiger partial charge on any atom is -0.338 e. The fraction of sp³-hybridized carbons (Fsp3) is 0.375. The molecular weight excluding hydrogens is 447 g/mol. The zero-order valence-corrected chi connectivity index (χ0v) is 19.6. The third-order valence-electron chi connectivity index (χ3n) is 6.54. The predicted octanol–water partition coefficient (Wildman–Crippen LogP) is 4.07. The van der Waals surface area contributed by atoms with Gasteiger partial charge < -0.3 is 9.80 Å². The van der Waals surface area contributed by atoms with E-state index in [1.807, 2.05) is 37.8 Å². The number of nitrogens with zero attached hydrogens (tertiary/aromatic N) is 4. The molecule has 2 heterocycles. The summed E-state index contributed by atoms with van der Waals surface area (Å²) in [5, 5.41) is 3.25. The number of amides is 3. The maximum atomic E-state index is 13.7. The number of aryl methyl sites for hydroxylation is 2. The average molecular weight is 473 g/mol. The SMILES string of the molecule is CCN1c2cc(C)c(C)cc2N(C)C2=NC(=O)N(C)C(=O)C21NCc1ccc(C(F)(F)F)cc1. The first-order valence-corrected chi connectivity index (χ1v) is 10.9. The number of benzene rings is 2. The van der Waals surface area contributed by atoms with E-state index in [4.69, 9.17) is 0 Å².